The van der Waals surface area contributed by atoms with Gasteiger partial charge < -0.3 is 14.3 Å². The number of unbranched alkanes of at least 4 members (excludes halogenated alkanes) is 2. The first-order valence-electron chi connectivity index (χ1n) is 12.2. The van der Waals surface area contributed by atoms with E-state index in [0.29, 0.717) is 6.42 Å². The largest absolute Gasteiger partial charge is 0.479 e. The van der Waals surface area contributed by atoms with Gasteiger partial charge in [0.1, 0.15) is 0 Å². The molecule has 35 heavy (non-hydrogen) atoms. The summed E-state index contributed by atoms with van der Waals surface area (Å²) in [7, 11) is 0.317. The average Bonchev–Trinajstić information content (AvgIpc) is 2.80. The quantitative estimate of drug-likeness (QED) is 0.223. The number of amides is 1. The van der Waals surface area contributed by atoms with E-state index in [4.69, 9.17) is 14.0 Å². The Morgan fingerprint density at radius 3 is 2.26 bits per heavy atom. The van der Waals surface area contributed by atoms with Crippen LogP contribution >= 0.6 is 0 Å². The van der Waals surface area contributed by atoms with E-state index in [2.05, 4.69) is 30.3 Å². The van der Waals surface area contributed by atoms with Crippen LogP contribution in [0.15, 0.2) is 42.5 Å². The number of aryl methyl sites for hydroxylation is 1. The molecule has 0 saturated carbocycles. The highest BCUT2D eigenvalue weighted by atomic mass is 28.4. The summed E-state index contributed by atoms with van der Waals surface area (Å²) in [6.45, 7) is 10.2. The summed E-state index contributed by atoms with van der Waals surface area (Å²) >= 11 is 0. The number of hydrogen-bond acceptors (Lipinski definition) is 5. The van der Waals surface area contributed by atoms with E-state index in [-0.39, 0.29) is 11.6 Å². The summed E-state index contributed by atoms with van der Waals surface area (Å²) < 4.78 is 12.0. The Labute approximate surface area is 210 Å². The molecule has 2 rings (SSSR count). The third-order valence-electron chi connectivity index (χ3n) is 6.79. The number of benzene rings is 2. The molecule has 0 fully saturated rings. The monoisotopic (exact) mass is 503 g/mol. The zero-order valence-electron chi connectivity index (χ0n) is 22.2. The number of fused-ring (bicyclic) bond motifs is 1. The molecule has 0 aromatic heterocycles. The lowest BCUT2D eigenvalue weighted by Crippen LogP contribution is -2.55. The molecule has 8 heteroatoms. The highest BCUT2D eigenvalue weighted by Gasteiger charge is 2.46. The van der Waals surface area contributed by atoms with Gasteiger partial charge in [0, 0.05) is 13.7 Å². The molecule has 2 unspecified atom stereocenters. The molecule has 0 saturated heterocycles. The number of carboxylic acids is 1. The van der Waals surface area contributed by atoms with Gasteiger partial charge in [0.15, 0.2) is 20.5 Å². The first-order valence-corrected chi connectivity index (χ1v) is 15.1. The molecule has 0 bridgehead atoms. The molecule has 2 atom stereocenters. The second kappa shape index (κ2) is 12.6. The number of aliphatic carboxylic acids is 1. The number of carboxylic acid groups (broad SMARTS) is 1. The van der Waals surface area contributed by atoms with Crippen LogP contribution in [0.3, 0.4) is 0 Å². The molecule has 0 heterocycles. The van der Waals surface area contributed by atoms with Crippen molar-refractivity contribution in [3.8, 4) is 0 Å². The molecule has 1 N–H and O–H groups in total. The van der Waals surface area contributed by atoms with Crippen molar-refractivity contribution in [3.05, 3.63) is 48.0 Å². The predicted molar refractivity (Wildman–Crippen MR) is 141 cm³/mol. The van der Waals surface area contributed by atoms with Crippen LogP contribution in [-0.2, 0) is 30.0 Å². The van der Waals surface area contributed by atoms with Crippen molar-refractivity contribution in [1.29, 1.82) is 0 Å². The number of ether oxygens (including phenoxy) is 1. The van der Waals surface area contributed by atoms with Gasteiger partial charge in [0.05, 0.1) is 7.11 Å². The fourth-order valence-electron chi connectivity index (χ4n) is 3.51. The van der Waals surface area contributed by atoms with Crippen LogP contribution in [0.25, 0.3) is 10.8 Å². The van der Waals surface area contributed by atoms with Gasteiger partial charge in [-0.05, 0) is 53.7 Å². The lowest BCUT2D eigenvalue weighted by molar-refractivity contribution is -0.190. The Bertz CT molecular complexity index is 987. The number of likely N-dealkylation sites (N-methyl/N-ethyl adjacent to an activating group) is 1. The van der Waals surface area contributed by atoms with Crippen molar-refractivity contribution in [2.45, 2.75) is 76.8 Å². The lowest BCUT2D eigenvalue weighted by atomic mass is 10.0. The Hall–Kier alpha value is -2.26. The van der Waals surface area contributed by atoms with Crippen molar-refractivity contribution in [3.63, 3.8) is 0 Å². The van der Waals surface area contributed by atoms with Crippen LogP contribution in [0.2, 0.25) is 18.1 Å². The molecule has 0 aliphatic carbocycles. The average molecular weight is 504 g/mol. The third-order valence-corrected chi connectivity index (χ3v) is 11.3. The highest BCUT2D eigenvalue weighted by molar-refractivity contribution is 6.74. The zero-order valence-corrected chi connectivity index (χ0v) is 23.2. The zero-order chi connectivity index (χ0) is 26.2. The topological polar surface area (TPSA) is 85.3 Å². The van der Waals surface area contributed by atoms with Gasteiger partial charge in [0.25, 0.3) is 5.91 Å². The second-order valence-corrected chi connectivity index (χ2v) is 15.2. The maximum absolute atomic E-state index is 12.9. The minimum Gasteiger partial charge on any atom is -0.479 e. The Kier molecular flexibility index (Phi) is 10.4. The summed E-state index contributed by atoms with van der Waals surface area (Å²) in [4.78, 5) is 30.1. The van der Waals surface area contributed by atoms with Gasteiger partial charge in [-0.25, -0.2) is 9.86 Å². The number of carbonyl (C=O) groups excluding carboxylic acids is 1. The van der Waals surface area contributed by atoms with Gasteiger partial charge in [-0.2, -0.15) is 0 Å². The maximum atomic E-state index is 12.9. The molecule has 2 aromatic rings. The molecule has 2 aromatic carbocycles. The summed E-state index contributed by atoms with van der Waals surface area (Å²) in [6.07, 6.45) is 0.841. The Balaban J connectivity index is 1.97. The van der Waals surface area contributed by atoms with E-state index in [1.165, 1.54) is 30.5 Å². The number of carbonyl (C=O) groups is 2. The van der Waals surface area contributed by atoms with Crippen LogP contribution in [0.4, 0.5) is 0 Å². The van der Waals surface area contributed by atoms with E-state index in [1.807, 2.05) is 46.0 Å². The maximum Gasteiger partial charge on any atom is 0.334 e. The number of nitrogens with zero attached hydrogens (tertiary/aromatic N) is 1. The van der Waals surface area contributed by atoms with Crippen LogP contribution < -0.4 is 0 Å². The lowest BCUT2D eigenvalue weighted by Gasteiger charge is -2.39. The van der Waals surface area contributed by atoms with Gasteiger partial charge in [-0.1, -0.05) is 69.7 Å². The minimum atomic E-state index is -2.47. The smallest absolute Gasteiger partial charge is 0.334 e. The summed E-state index contributed by atoms with van der Waals surface area (Å²) in [5.41, 5.74) is 1.29. The third kappa shape index (κ3) is 8.13. The van der Waals surface area contributed by atoms with Crippen molar-refractivity contribution < 1.29 is 28.7 Å². The molecule has 0 spiro atoms. The Morgan fingerprint density at radius 2 is 1.66 bits per heavy atom. The van der Waals surface area contributed by atoms with E-state index < -0.39 is 32.4 Å². The van der Waals surface area contributed by atoms with Crippen molar-refractivity contribution in [1.82, 2.24) is 5.06 Å². The van der Waals surface area contributed by atoms with Crippen LogP contribution in [0.1, 0.15) is 45.6 Å². The summed E-state index contributed by atoms with van der Waals surface area (Å²) in [5, 5.41) is 13.2. The minimum absolute atomic E-state index is 0.218. The summed E-state index contributed by atoms with van der Waals surface area (Å²) in [5.74, 6) is -1.79. The number of hydroxylamine groups is 2. The van der Waals surface area contributed by atoms with Crippen molar-refractivity contribution >= 4 is 31.0 Å². The molecule has 0 radical (unpaired) electrons. The van der Waals surface area contributed by atoms with E-state index >= 15 is 0 Å². The fourth-order valence-corrected chi connectivity index (χ4v) is 4.72. The summed E-state index contributed by atoms with van der Waals surface area (Å²) in [6, 6.07) is 14.8. The standard InChI is InChI=1S/C27H41NO6Si/c1-27(2,3)35(6,7)34-24(26(30)31)23(25(29)28(4)32-5)33-18-12-8-9-13-20-16-17-21-14-10-11-15-22(21)19-20/h10-11,14-17,19,23-24H,8-9,12-13,18H2,1-7H3,(H,30,31). The van der Waals surface area contributed by atoms with Gasteiger partial charge in [0.2, 0.25) is 0 Å². The normalized spacial score (nSPS) is 14.0. The molecular formula is C27H41NO6Si. The van der Waals surface area contributed by atoms with Crippen molar-refractivity contribution in [2.75, 3.05) is 20.8 Å². The fraction of sp³-hybridized carbons (Fsp3) is 0.556. The van der Waals surface area contributed by atoms with Crippen LogP contribution in [-0.4, -0.2) is 63.3 Å². The SMILES string of the molecule is CON(C)C(=O)C(OCCCCCc1ccc2ccccc2c1)C(O[Si](C)(C)C(C)(C)C)C(=O)O. The highest BCUT2D eigenvalue weighted by Crippen LogP contribution is 2.38. The Morgan fingerprint density at radius 1 is 1.00 bits per heavy atom. The molecule has 0 aliphatic heterocycles. The van der Waals surface area contributed by atoms with Crippen molar-refractivity contribution in [2.24, 2.45) is 0 Å². The molecule has 194 valence electrons. The first kappa shape index (κ1) is 29.0. The molecule has 7 nitrogen and oxygen atoms in total. The van der Waals surface area contributed by atoms with Gasteiger partial charge in [-0.3, -0.25) is 9.63 Å². The molecular weight excluding hydrogens is 462 g/mol. The first-order chi connectivity index (χ1) is 16.4. The molecule has 0 aliphatic rings. The van der Waals surface area contributed by atoms with Gasteiger partial charge in [-0.15, -0.1) is 0 Å². The van der Waals surface area contributed by atoms with Gasteiger partial charge >= 0.3 is 5.97 Å². The van der Waals surface area contributed by atoms with Crippen LogP contribution in [0, 0.1) is 0 Å². The predicted octanol–water partition coefficient (Wildman–Crippen LogP) is 5.43. The molecule has 1 amide bonds. The number of rotatable bonds is 13. The van der Waals surface area contributed by atoms with E-state index in [9.17, 15) is 14.7 Å². The van der Waals surface area contributed by atoms with E-state index in [0.717, 1.165) is 24.3 Å². The van der Waals surface area contributed by atoms with E-state index in [1.54, 1.807) is 0 Å². The van der Waals surface area contributed by atoms with Crippen LogP contribution in [0.5, 0.6) is 0 Å². The number of hydrogen-bond donors (Lipinski definition) is 1. The second-order valence-electron chi connectivity index (χ2n) is 10.4.